The summed E-state index contributed by atoms with van der Waals surface area (Å²) in [4.78, 5) is 36.3. The predicted molar refractivity (Wildman–Crippen MR) is 118 cm³/mol. The van der Waals surface area contributed by atoms with E-state index in [9.17, 15) is 14.4 Å². The first-order chi connectivity index (χ1) is 14.9. The molecule has 1 aliphatic heterocycles. The Hall–Kier alpha value is -3.64. The van der Waals surface area contributed by atoms with Crippen LogP contribution in [-0.4, -0.2) is 17.8 Å². The highest BCUT2D eigenvalue weighted by molar-refractivity contribution is 6.30. The van der Waals surface area contributed by atoms with E-state index in [2.05, 4.69) is 10.6 Å². The highest BCUT2D eigenvalue weighted by Crippen LogP contribution is 2.31. The Morgan fingerprint density at radius 1 is 0.935 bits per heavy atom. The minimum absolute atomic E-state index is 0.165. The Balaban J connectivity index is 1.51. The summed E-state index contributed by atoms with van der Waals surface area (Å²) < 4.78 is 5.56. The van der Waals surface area contributed by atoms with Crippen LogP contribution in [0.2, 0.25) is 5.02 Å². The molecule has 31 heavy (non-hydrogen) atoms. The van der Waals surface area contributed by atoms with Gasteiger partial charge in [-0.05, 0) is 65.7 Å². The number of fused-ring (bicyclic) bond motifs is 1. The van der Waals surface area contributed by atoms with E-state index in [-0.39, 0.29) is 11.8 Å². The van der Waals surface area contributed by atoms with Gasteiger partial charge in [-0.3, -0.25) is 9.59 Å². The van der Waals surface area contributed by atoms with E-state index in [0.717, 1.165) is 11.1 Å². The second-order valence-corrected chi connectivity index (χ2v) is 7.67. The summed E-state index contributed by atoms with van der Waals surface area (Å²) >= 11 is 5.94. The van der Waals surface area contributed by atoms with Crippen LogP contribution in [0.5, 0.6) is 0 Å². The Morgan fingerprint density at radius 2 is 1.58 bits per heavy atom. The standard InChI is InChI=1S/C24H19ClN2O4/c1-14(28)26-19-7-9-20(10-8-19)27-23(29)16-4-11-21-17(12-16)13-22(31-24(21)30)15-2-5-18(25)6-3-15/h2-12,22H,13H2,1H3,(H,26,28)(H,27,29)/t22-/m0/s1. The van der Waals surface area contributed by atoms with E-state index in [1.807, 2.05) is 12.1 Å². The van der Waals surface area contributed by atoms with Crippen molar-refractivity contribution in [3.05, 3.63) is 94.0 Å². The van der Waals surface area contributed by atoms with Crippen LogP contribution in [0, 0.1) is 0 Å². The van der Waals surface area contributed by atoms with Gasteiger partial charge in [0.15, 0.2) is 0 Å². The number of benzene rings is 3. The van der Waals surface area contributed by atoms with Gasteiger partial charge in [-0.2, -0.15) is 0 Å². The molecule has 0 fully saturated rings. The number of hydrogen-bond donors (Lipinski definition) is 2. The number of amides is 2. The van der Waals surface area contributed by atoms with Crippen molar-refractivity contribution in [3.8, 4) is 0 Å². The fourth-order valence-corrected chi connectivity index (χ4v) is 3.57. The van der Waals surface area contributed by atoms with Crippen molar-refractivity contribution in [2.24, 2.45) is 0 Å². The molecule has 7 heteroatoms. The molecule has 4 rings (SSSR count). The molecule has 0 saturated carbocycles. The smallest absolute Gasteiger partial charge is 0.339 e. The van der Waals surface area contributed by atoms with Crippen molar-refractivity contribution in [1.82, 2.24) is 0 Å². The summed E-state index contributed by atoms with van der Waals surface area (Å²) in [6.45, 7) is 1.43. The molecule has 0 spiro atoms. The number of cyclic esters (lactones) is 1. The molecule has 0 aromatic heterocycles. The fraction of sp³-hybridized carbons (Fsp3) is 0.125. The third-order valence-corrected chi connectivity index (χ3v) is 5.20. The average Bonchev–Trinajstić information content (AvgIpc) is 2.75. The van der Waals surface area contributed by atoms with Gasteiger partial charge >= 0.3 is 5.97 Å². The van der Waals surface area contributed by atoms with Crippen molar-refractivity contribution in [2.45, 2.75) is 19.4 Å². The quantitative estimate of drug-likeness (QED) is 0.565. The van der Waals surface area contributed by atoms with Gasteiger partial charge in [0.2, 0.25) is 5.91 Å². The van der Waals surface area contributed by atoms with Crippen molar-refractivity contribution in [3.63, 3.8) is 0 Å². The van der Waals surface area contributed by atoms with Crippen LogP contribution in [0.25, 0.3) is 0 Å². The van der Waals surface area contributed by atoms with Crippen LogP contribution in [0.1, 0.15) is 44.9 Å². The second kappa shape index (κ2) is 8.62. The number of halogens is 1. The maximum absolute atomic E-state index is 12.7. The maximum Gasteiger partial charge on any atom is 0.339 e. The Morgan fingerprint density at radius 3 is 2.23 bits per heavy atom. The number of ether oxygens (including phenoxy) is 1. The monoisotopic (exact) mass is 434 g/mol. The summed E-state index contributed by atoms with van der Waals surface area (Å²) in [5, 5.41) is 6.10. The van der Waals surface area contributed by atoms with Gasteiger partial charge in [-0.25, -0.2) is 4.79 Å². The highest BCUT2D eigenvalue weighted by atomic mass is 35.5. The average molecular weight is 435 g/mol. The van der Waals surface area contributed by atoms with E-state index in [1.165, 1.54) is 6.92 Å². The van der Waals surface area contributed by atoms with Gasteiger partial charge in [0, 0.05) is 35.3 Å². The van der Waals surface area contributed by atoms with E-state index >= 15 is 0 Å². The Bertz CT molecular complexity index is 1160. The van der Waals surface area contributed by atoms with Gasteiger partial charge in [0.05, 0.1) is 5.56 Å². The largest absolute Gasteiger partial charge is 0.454 e. The molecule has 2 amide bonds. The zero-order chi connectivity index (χ0) is 22.0. The summed E-state index contributed by atoms with van der Waals surface area (Å²) in [5.41, 5.74) is 3.74. The van der Waals surface area contributed by atoms with E-state index in [1.54, 1.807) is 54.6 Å². The molecule has 6 nitrogen and oxygen atoms in total. The van der Waals surface area contributed by atoms with Crippen LogP contribution in [0.3, 0.4) is 0 Å². The SMILES string of the molecule is CC(=O)Nc1ccc(NC(=O)c2ccc3c(c2)C[C@@H](c2ccc(Cl)cc2)OC3=O)cc1. The molecule has 0 radical (unpaired) electrons. The van der Waals surface area contributed by atoms with Crippen LogP contribution in [0.4, 0.5) is 11.4 Å². The number of esters is 1. The molecule has 0 aliphatic carbocycles. The normalized spacial score (nSPS) is 14.9. The number of rotatable bonds is 4. The number of carbonyl (C=O) groups is 3. The van der Waals surface area contributed by atoms with Crippen molar-refractivity contribution in [1.29, 1.82) is 0 Å². The molecule has 2 N–H and O–H groups in total. The first kappa shape index (κ1) is 20.6. The van der Waals surface area contributed by atoms with E-state index < -0.39 is 12.1 Å². The molecule has 0 unspecified atom stereocenters. The molecular formula is C24H19ClN2O4. The summed E-state index contributed by atoms with van der Waals surface area (Å²) in [5.74, 6) is -0.875. The van der Waals surface area contributed by atoms with Crippen LogP contribution >= 0.6 is 11.6 Å². The zero-order valence-corrected chi connectivity index (χ0v) is 17.4. The van der Waals surface area contributed by atoms with E-state index in [0.29, 0.717) is 33.9 Å². The number of nitrogens with one attached hydrogen (secondary N) is 2. The molecule has 0 bridgehead atoms. The molecule has 1 heterocycles. The second-order valence-electron chi connectivity index (χ2n) is 7.23. The van der Waals surface area contributed by atoms with Crippen molar-refractivity contribution >= 4 is 40.8 Å². The number of anilines is 2. The predicted octanol–water partition coefficient (Wildman–Crippen LogP) is 5.00. The number of carbonyl (C=O) groups excluding carboxylic acids is 3. The van der Waals surface area contributed by atoms with Gasteiger partial charge < -0.3 is 15.4 Å². The fourth-order valence-electron chi connectivity index (χ4n) is 3.44. The van der Waals surface area contributed by atoms with Crippen LogP contribution in [0.15, 0.2) is 66.7 Å². The minimum Gasteiger partial charge on any atom is -0.454 e. The lowest BCUT2D eigenvalue weighted by atomic mass is 9.93. The van der Waals surface area contributed by atoms with Crippen molar-refractivity contribution in [2.75, 3.05) is 10.6 Å². The number of hydrogen-bond acceptors (Lipinski definition) is 4. The maximum atomic E-state index is 12.7. The molecule has 156 valence electrons. The zero-order valence-electron chi connectivity index (χ0n) is 16.6. The molecule has 1 aliphatic rings. The lowest BCUT2D eigenvalue weighted by molar-refractivity contribution is -0.114. The topological polar surface area (TPSA) is 84.5 Å². The summed E-state index contributed by atoms with van der Waals surface area (Å²) in [6, 6.07) is 18.9. The third kappa shape index (κ3) is 4.75. The highest BCUT2D eigenvalue weighted by Gasteiger charge is 2.28. The van der Waals surface area contributed by atoms with Gasteiger partial charge in [0.1, 0.15) is 6.10 Å². The Labute approximate surface area is 184 Å². The Kier molecular flexibility index (Phi) is 5.73. The molecule has 3 aromatic carbocycles. The van der Waals surface area contributed by atoms with Crippen LogP contribution < -0.4 is 10.6 Å². The first-order valence-electron chi connectivity index (χ1n) is 9.67. The lowest BCUT2D eigenvalue weighted by Gasteiger charge is -2.25. The third-order valence-electron chi connectivity index (χ3n) is 4.95. The molecule has 1 atom stereocenters. The lowest BCUT2D eigenvalue weighted by Crippen LogP contribution is -2.23. The van der Waals surface area contributed by atoms with Crippen LogP contribution in [-0.2, 0) is 16.0 Å². The minimum atomic E-state index is -0.433. The molecule has 0 saturated heterocycles. The van der Waals surface area contributed by atoms with Gasteiger partial charge in [-0.15, -0.1) is 0 Å². The first-order valence-corrected chi connectivity index (χ1v) is 10.1. The van der Waals surface area contributed by atoms with Gasteiger partial charge in [-0.1, -0.05) is 23.7 Å². The summed E-state index contributed by atoms with van der Waals surface area (Å²) in [6.07, 6.45) is 0.0341. The molecule has 3 aromatic rings. The van der Waals surface area contributed by atoms with Gasteiger partial charge in [0.25, 0.3) is 5.91 Å². The van der Waals surface area contributed by atoms with Crippen molar-refractivity contribution < 1.29 is 19.1 Å². The molecular weight excluding hydrogens is 416 g/mol. The summed E-state index contributed by atoms with van der Waals surface area (Å²) in [7, 11) is 0. The van der Waals surface area contributed by atoms with E-state index in [4.69, 9.17) is 16.3 Å².